The Morgan fingerprint density at radius 3 is 2.68 bits per heavy atom. The molecule has 0 radical (unpaired) electrons. The summed E-state index contributed by atoms with van der Waals surface area (Å²) in [5.74, 6) is -0.0955. The summed E-state index contributed by atoms with van der Waals surface area (Å²) in [4.78, 5) is 25.7. The highest BCUT2D eigenvalue weighted by Gasteiger charge is 2.22. The van der Waals surface area contributed by atoms with Crippen molar-refractivity contribution in [1.29, 1.82) is 0 Å². The zero-order valence-electron chi connectivity index (χ0n) is 14.2. The van der Waals surface area contributed by atoms with Crippen LogP contribution in [0.2, 0.25) is 5.02 Å². The number of benzene rings is 2. The lowest BCUT2D eigenvalue weighted by Crippen LogP contribution is -2.31. The van der Waals surface area contributed by atoms with Gasteiger partial charge in [0.15, 0.2) is 0 Å². The van der Waals surface area contributed by atoms with Gasteiger partial charge in [0.05, 0.1) is 0 Å². The molecule has 130 valence electrons. The number of nitrogens with one attached hydrogen (secondary N) is 2. The number of carbonyl (C=O) groups is 2. The van der Waals surface area contributed by atoms with Crippen LogP contribution in [0.1, 0.15) is 19.4 Å². The lowest BCUT2D eigenvalue weighted by molar-refractivity contribution is -0.117. The molecule has 2 N–H and O–H groups in total. The van der Waals surface area contributed by atoms with Gasteiger partial charge >= 0.3 is 0 Å². The molecule has 1 atom stereocenters. The van der Waals surface area contributed by atoms with Crippen molar-refractivity contribution in [2.24, 2.45) is 0 Å². The Labute approximate surface area is 152 Å². The predicted molar refractivity (Wildman–Crippen MR) is 101 cm³/mol. The van der Waals surface area contributed by atoms with Gasteiger partial charge in [0.25, 0.3) is 0 Å². The summed E-state index contributed by atoms with van der Waals surface area (Å²) in [7, 11) is 0. The molecule has 0 unspecified atom stereocenters. The molecule has 5 nitrogen and oxygen atoms in total. The van der Waals surface area contributed by atoms with Gasteiger partial charge in [-0.05, 0) is 55.3 Å². The predicted octanol–water partition coefficient (Wildman–Crippen LogP) is 3.69. The van der Waals surface area contributed by atoms with Gasteiger partial charge < -0.3 is 15.5 Å². The van der Waals surface area contributed by atoms with Crippen LogP contribution in [0.5, 0.6) is 0 Å². The third-order valence-electron chi connectivity index (χ3n) is 4.22. The topological polar surface area (TPSA) is 61.4 Å². The zero-order valence-corrected chi connectivity index (χ0v) is 14.9. The average Bonchev–Trinajstić information content (AvgIpc) is 2.98. The van der Waals surface area contributed by atoms with E-state index in [1.54, 1.807) is 43.0 Å². The quantitative estimate of drug-likeness (QED) is 0.877. The Hall–Kier alpha value is -2.53. The summed E-state index contributed by atoms with van der Waals surface area (Å²) in [6, 6.07) is 12.5. The number of rotatable bonds is 4. The Balaban J connectivity index is 1.66. The molecule has 0 aromatic heterocycles. The van der Waals surface area contributed by atoms with Crippen LogP contribution in [0.4, 0.5) is 17.1 Å². The molecule has 0 spiro atoms. The van der Waals surface area contributed by atoms with Gasteiger partial charge in [-0.2, -0.15) is 0 Å². The molecular formula is C19H20ClN3O2. The first-order valence-electron chi connectivity index (χ1n) is 8.18. The standard InChI is InChI=1S/C19H20ClN3O2/c1-12(19(25)22-16-5-3-4-15(20)11-16)21-17-6-7-18-14(10-17)8-9-23(18)13(2)24/h3-7,10-12,21H,8-9H2,1-2H3,(H,22,25)/t12-/m0/s1. The molecule has 6 heteroatoms. The molecule has 2 aromatic rings. The first kappa shape index (κ1) is 17.3. The largest absolute Gasteiger partial charge is 0.374 e. The third-order valence-corrected chi connectivity index (χ3v) is 4.46. The summed E-state index contributed by atoms with van der Waals surface area (Å²) in [6.07, 6.45) is 0.827. The summed E-state index contributed by atoms with van der Waals surface area (Å²) in [6.45, 7) is 4.08. The van der Waals surface area contributed by atoms with Crippen LogP contribution in [-0.4, -0.2) is 24.4 Å². The third kappa shape index (κ3) is 3.94. The number of amides is 2. The summed E-state index contributed by atoms with van der Waals surface area (Å²) >= 11 is 5.93. The molecule has 3 rings (SSSR count). The van der Waals surface area contributed by atoms with E-state index < -0.39 is 6.04 Å². The average molecular weight is 358 g/mol. The maximum atomic E-state index is 12.3. The van der Waals surface area contributed by atoms with Crippen molar-refractivity contribution >= 4 is 40.5 Å². The van der Waals surface area contributed by atoms with E-state index in [4.69, 9.17) is 11.6 Å². The molecule has 0 bridgehead atoms. The van der Waals surface area contributed by atoms with Crippen molar-refractivity contribution in [1.82, 2.24) is 0 Å². The lowest BCUT2D eigenvalue weighted by Gasteiger charge is -2.18. The number of halogens is 1. The lowest BCUT2D eigenvalue weighted by atomic mass is 10.1. The number of fused-ring (bicyclic) bond motifs is 1. The Morgan fingerprint density at radius 2 is 1.96 bits per heavy atom. The molecule has 0 saturated heterocycles. The minimum absolute atomic E-state index is 0.0497. The highest BCUT2D eigenvalue weighted by molar-refractivity contribution is 6.30. The number of hydrogen-bond donors (Lipinski definition) is 2. The fourth-order valence-corrected chi connectivity index (χ4v) is 3.14. The molecule has 0 saturated carbocycles. The van der Waals surface area contributed by atoms with Crippen molar-refractivity contribution < 1.29 is 9.59 Å². The minimum atomic E-state index is -0.414. The summed E-state index contributed by atoms with van der Waals surface area (Å²) in [5.41, 5.74) is 3.59. The highest BCUT2D eigenvalue weighted by Crippen LogP contribution is 2.30. The first-order chi connectivity index (χ1) is 11.9. The van der Waals surface area contributed by atoms with Crippen LogP contribution in [-0.2, 0) is 16.0 Å². The second-order valence-electron chi connectivity index (χ2n) is 6.13. The molecule has 0 fully saturated rings. The molecule has 1 aliphatic heterocycles. The van der Waals surface area contributed by atoms with Gasteiger partial charge in [0.2, 0.25) is 11.8 Å². The summed E-state index contributed by atoms with van der Waals surface area (Å²) in [5, 5.41) is 6.62. The fourth-order valence-electron chi connectivity index (χ4n) is 2.95. The smallest absolute Gasteiger partial charge is 0.246 e. The van der Waals surface area contributed by atoms with Crippen LogP contribution < -0.4 is 15.5 Å². The molecule has 1 heterocycles. The Bertz CT molecular complexity index is 822. The SMILES string of the molecule is CC(=O)N1CCc2cc(N[C@@H](C)C(=O)Nc3cccc(Cl)c3)ccc21. The first-order valence-corrected chi connectivity index (χ1v) is 8.56. The number of anilines is 3. The van der Waals surface area contributed by atoms with Gasteiger partial charge in [-0.3, -0.25) is 9.59 Å². The maximum Gasteiger partial charge on any atom is 0.246 e. The van der Waals surface area contributed by atoms with Crippen LogP contribution in [0.3, 0.4) is 0 Å². The van der Waals surface area contributed by atoms with Crippen LogP contribution in [0.15, 0.2) is 42.5 Å². The van der Waals surface area contributed by atoms with Gasteiger partial charge in [-0.15, -0.1) is 0 Å². The van der Waals surface area contributed by atoms with E-state index in [1.807, 2.05) is 18.2 Å². The second-order valence-corrected chi connectivity index (χ2v) is 6.57. The van der Waals surface area contributed by atoms with E-state index in [1.165, 1.54) is 0 Å². The van der Waals surface area contributed by atoms with Crippen molar-refractivity contribution in [3.63, 3.8) is 0 Å². The van der Waals surface area contributed by atoms with Gasteiger partial charge in [0.1, 0.15) is 6.04 Å². The Kier molecular flexibility index (Phi) is 4.95. The number of carbonyl (C=O) groups excluding carboxylic acids is 2. The molecule has 2 aromatic carbocycles. The Morgan fingerprint density at radius 1 is 1.16 bits per heavy atom. The van der Waals surface area contributed by atoms with Crippen LogP contribution in [0, 0.1) is 0 Å². The number of nitrogens with zero attached hydrogens (tertiary/aromatic N) is 1. The van der Waals surface area contributed by atoms with Crippen molar-refractivity contribution in [2.75, 3.05) is 22.1 Å². The van der Waals surface area contributed by atoms with Gasteiger partial charge in [-0.1, -0.05) is 17.7 Å². The fraction of sp³-hybridized carbons (Fsp3) is 0.263. The summed E-state index contributed by atoms with van der Waals surface area (Å²) < 4.78 is 0. The molecular weight excluding hydrogens is 338 g/mol. The van der Waals surface area contributed by atoms with E-state index in [-0.39, 0.29) is 11.8 Å². The van der Waals surface area contributed by atoms with Crippen molar-refractivity contribution in [3.8, 4) is 0 Å². The zero-order chi connectivity index (χ0) is 18.0. The van der Waals surface area contributed by atoms with Gasteiger partial charge in [-0.25, -0.2) is 0 Å². The van der Waals surface area contributed by atoms with E-state index >= 15 is 0 Å². The van der Waals surface area contributed by atoms with E-state index in [0.29, 0.717) is 17.3 Å². The molecule has 2 amide bonds. The van der Waals surface area contributed by atoms with Crippen molar-refractivity contribution in [3.05, 3.63) is 53.1 Å². The van der Waals surface area contributed by atoms with Crippen LogP contribution >= 0.6 is 11.6 Å². The van der Waals surface area contributed by atoms with E-state index in [0.717, 1.165) is 23.4 Å². The van der Waals surface area contributed by atoms with E-state index in [9.17, 15) is 9.59 Å². The highest BCUT2D eigenvalue weighted by atomic mass is 35.5. The monoisotopic (exact) mass is 357 g/mol. The molecule has 25 heavy (non-hydrogen) atoms. The van der Waals surface area contributed by atoms with Gasteiger partial charge in [0, 0.05) is 35.6 Å². The molecule has 1 aliphatic rings. The normalized spacial score (nSPS) is 14.0. The minimum Gasteiger partial charge on any atom is -0.374 e. The second kappa shape index (κ2) is 7.15. The molecule has 0 aliphatic carbocycles. The van der Waals surface area contributed by atoms with Crippen LogP contribution in [0.25, 0.3) is 0 Å². The number of hydrogen-bond acceptors (Lipinski definition) is 3. The van der Waals surface area contributed by atoms with Crippen molar-refractivity contribution in [2.45, 2.75) is 26.3 Å². The van der Waals surface area contributed by atoms with E-state index in [2.05, 4.69) is 10.6 Å². The maximum absolute atomic E-state index is 12.3.